The lowest BCUT2D eigenvalue weighted by atomic mass is 10.1. The molecule has 3 N–H and O–H groups in total. The lowest BCUT2D eigenvalue weighted by Crippen LogP contribution is -2.13. The van der Waals surface area contributed by atoms with Gasteiger partial charge in [0.2, 0.25) is 0 Å². The molecule has 0 radical (unpaired) electrons. The van der Waals surface area contributed by atoms with E-state index in [9.17, 15) is 4.79 Å². The second-order valence-electron chi connectivity index (χ2n) is 5.45. The van der Waals surface area contributed by atoms with Crippen LogP contribution in [0.3, 0.4) is 0 Å². The maximum atomic E-state index is 13.1. The Morgan fingerprint density at radius 2 is 1.91 bits per heavy atom. The van der Waals surface area contributed by atoms with E-state index in [1.807, 2.05) is 61.7 Å². The molecule has 0 bridgehead atoms. The van der Waals surface area contributed by atoms with Crippen molar-refractivity contribution in [1.82, 2.24) is 9.55 Å². The molecule has 0 spiro atoms. The average Bonchev–Trinajstić information content (AvgIpc) is 3.10. The highest BCUT2D eigenvalue weighted by molar-refractivity contribution is 6.11. The molecule has 0 aliphatic rings. The van der Waals surface area contributed by atoms with Crippen molar-refractivity contribution in [2.75, 3.05) is 5.73 Å². The number of hydrogen-bond donors (Lipinski definition) is 2. The van der Waals surface area contributed by atoms with E-state index in [4.69, 9.17) is 5.73 Å². The summed E-state index contributed by atoms with van der Waals surface area (Å²) in [6.45, 7) is 1.93. The largest absolute Gasteiger partial charge is 0.398 e. The molecule has 2 aromatic carbocycles. The van der Waals surface area contributed by atoms with Crippen LogP contribution >= 0.6 is 0 Å². The number of fused-ring (bicyclic) bond motifs is 2. The third-order valence-electron chi connectivity index (χ3n) is 4.09. The fourth-order valence-electron chi connectivity index (χ4n) is 3.05. The maximum Gasteiger partial charge on any atom is 0.263 e. The van der Waals surface area contributed by atoms with E-state index in [2.05, 4.69) is 4.98 Å². The van der Waals surface area contributed by atoms with Gasteiger partial charge in [0, 0.05) is 39.4 Å². The quantitative estimate of drug-likeness (QED) is 0.525. The summed E-state index contributed by atoms with van der Waals surface area (Å²) in [5, 5.41) is 1.84. The van der Waals surface area contributed by atoms with Crippen LogP contribution in [0.5, 0.6) is 0 Å². The molecule has 4 aromatic rings. The Morgan fingerprint density at radius 1 is 1.09 bits per heavy atom. The summed E-state index contributed by atoms with van der Waals surface area (Å²) in [7, 11) is 0. The third kappa shape index (κ3) is 1.67. The smallest absolute Gasteiger partial charge is 0.263 e. The number of carbonyl (C=O) groups is 1. The van der Waals surface area contributed by atoms with E-state index in [0.29, 0.717) is 11.3 Å². The SMILES string of the molecule is Cc1cc2c(N)cccc2n1C(=O)c1cccc2[nH]ccc12. The average molecular weight is 289 g/mol. The van der Waals surface area contributed by atoms with Crippen molar-refractivity contribution in [1.29, 1.82) is 0 Å². The van der Waals surface area contributed by atoms with Crippen molar-refractivity contribution in [3.8, 4) is 0 Å². The predicted octanol–water partition coefficient (Wildman–Crippen LogP) is 3.70. The summed E-state index contributed by atoms with van der Waals surface area (Å²) in [6.07, 6.45) is 1.85. The zero-order valence-corrected chi connectivity index (χ0v) is 12.1. The number of anilines is 1. The Kier molecular flexibility index (Phi) is 2.60. The highest BCUT2D eigenvalue weighted by Gasteiger charge is 2.17. The van der Waals surface area contributed by atoms with Crippen LogP contribution in [0.2, 0.25) is 0 Å². The summed E-state index contributed by atoms with van der Waals surface area (Å²) in [5.74, 6) is -0.0386. The minimum Gasteiger partial charge on any atom is -0.398 e. The van der Waals surface area contributed by atoms with Gasteiger partial charge in [-0.25, -0.2) is 0 Å². The molecule has 108 valence electrons. The topological polar surface area (TPSA) is 63.8 Å². The fourth-order valence-corrected chi connectivity index (χ4v) is 3.05. The number of nitrogens with one attached hydrogen (secondary N) is 1. The van der Waals surface area contributed by atoms with Gasteiger partial charge in [0.1, 0.15) is 0 Å². The van der Waals surface area contributed by atoms with Gasteiger partial charge in [-0.15, -0.1) is 0 Å². The molecular weight excluding hydrogens is 274 g/mol. The lowest BCUT2D eigenvalue weighted by molar-refractivity contribution is 0.0965. The zero-order valence-electron chi connectivity index (χ0n) is 12.1. The summed E-state index contributed by atoms with van der Waals surface area (Å²) in [4.78, 5) is 16.2. The molecule has 0 amide bonds. The second kappa shape index (κ2) is 4.49. The van der Waals surface area contributed by atoms with Gasteiger partial charge >= 0.3 is 0 Å². The Labute approximate surface area is 127 Å². The molecule has 4 heteroatoms. The first-order chi connectivity index (χ1) is 10.7. The van der Waals surface area contributed by atoms with E-state index < -0.39 is 0 Å². The molecule has 0 saturated heterocycles. The number of benzene rings is 2. The standard InChI is InChI=1S/C18H15N3O/c1-11-10-14-15(19)5-3-7-17(14)21(11)18(22)13-4-2-6-16-12(13)8-9-20-16/h2-10,20H,19H2,1H3. The first-order valence-corrected chi connectivity index (χ1v) is 7.14. The highest BCUT2D eigenvalue weighted by Crippen LogP contribution is 2.27. The van der Waals surface area contributed by atoms with Crippen LogP contribution in [0.1, 0.15) is 16.1 Å². The summed E-state index contributed by atoms with van der Waals surface area (Å²) in [5.41, 5.74) is 10.1. The second-order valence-corrected chi connectivity index (χ2v) is 5.45. The first kappa shape index (κ1) is 12.7. The fraction of sp³-hybridized carbons (Fsp3) is 0.0556. The minimum atomic E-state index is -0.0386. The monoisotopic (exact) mass is 289 g/mol. The number of aromatic nitrogens is 2. The summed E-state index contributed by atoms with van der Waals surface area (Å²) in [6, 6.07) is 15.2. The number of aromatic amines is 1. The molecule has 0 fully saturated rings. The van der Waals surface area contributed by atoms with E-state index >= 15 is 0 Å². The van der Waals surface area contributed by atoms with Crippen molar-refractivity contribution >= 4 is 33.4 Å². The molecule has 0 aliphatic carbocycles. The maximum absolute atomic E-state index is 13.1. The number of nitrogen functional groups attached to an aromatic ring is 1. The molecule has 4 rings (SSSR count). The van der Waals surface area contributed by atoms with Crippen molar-refractivity contribution in [2.24, 2.45) is 0 Å². The Bertz CT molecular complexity index is 1020. The Balaban J connectivity index is 1.99. The van der Waals surface area contributed by atoms with Crippen molar-refractivity contribution < 1.29 is 4.79 Å². The lowest BCUT2D eigenvalue weighted by Gasteiger charge is -2.08. The van der Waals surface area contributed by atoms with Crippen LogP contribution in [0.4, 0.5) is 5.69 Å². The van der Waals surface area contributed by atoms with Crippen LogP contribution in [0.15, 0.2) is 54.7 Å². The van der Waals surface area contributed by atoms with E-state index in [-0.39, 0.29) is 5.91 Å². The van der Waals surface area contributed by atoms with Crippen molar-refractivity contribution in [3.05, 3.63) is 66.0 Å². The highest BCUT2D eigenvalue weighted by atomic mass is 16.2. The number of rotatable bonds is 1. The van der Waals surface area contributed by atoms with E-state index in [1.165, 1.54) is 0 Å². The van der Waals surface area contributed by atoms with Crippen LogP contribution < -0.4 is 5.73 Å². The van der Waals surface area contributed by atoms with E-state index in [1.54, 1.807) is 4.57 Å². The van der Waals surface area contributed by atoms with Gasteiger partial charge in [0.05, 0.1) is 5.52 Å². The van der Waals surface area contributed by atoms with Gasteiger partial charge in [-0.1, -0.05) is 12.1 Å². The number of nitrogens with two attached hydrogens (primary N) is 1. The summed E-state index contributed by atoms with van der Waals surface area (Å²) >= 11 is 0. The molecule has 22 heavy (non-hydrogen) atoms. The predicted molar refractivity (Wildman–Crippen MR) is 89.1 cm³/mol. The van der Waals surface area contributed by atoms with Gasteiger partial charge in [-0.05, 0) is 43.3 Å². The molecule has 0 unspecified atom stereocenters. The van der Waals surface area contributed by atoms with Gasteiger partial charge in [-0.3, -0.25) is 9.36 Å². The minimum absolute atomic E-state index is 0.0386. The first-order valence-electron chi connectivity index (χ1n) is 7.14. The van der Waals surface area contributed by atoms with Crippen LogP contribution in [0.25, 0.3) is 21.8 Å². The van der Waals surface area contributed by atoms with Gasteiger partial charge in [0.25, 0.3) is 5.91 Å². The number of hydrogen-bond acceptors (Lipinski definition) is 2. The van der Waals surface area contributed by atoms with E-state index in [0.717, 1.165) is 27.5 Å². The molecule has 0 atom stereocenters. The molecule has 2 heterocycles. The Morgan fingerprint density at radius 3 is 2.77 bits per heavy atom. The zero-order chi connectivity index (χ0) is 15.3. The van der Waals surface area contributed by atoms with Crippen LogP contribution in [-0.4, -0.2) is 15.5 Å². The summed E-state index contributed by atoms with van der Waals surface area (Å²) < 4.78 is 1.73. The normalized spacial score (nSPS) is 11.3. The number of carbonyl (C=O) groups excluding carboxylic acids is 1. The number of nitrogens with zero attached hydrogens (tertiary/aromatic N) is 1. The third-order valence-corrected chi connectivity index (χ3v) is 4.09. The van der Waals surface area contributed by atoms with Gasteiger partial charge in [-0.2, -0.15) is 0 Å². The molecule has 2 aromatic heterocycles. The number of aryl methyl sites for hydroxylation is 1. The van der Waals surface area contributed by atoms with Gasteiger partial charge < -0.3 is 10.7 Å². The Hall–Kier alpha value is -3.01. The van der Waals surface area contributed by atoms with Crippen LogP contribution in [-0.2, 0) is 0 Å². The number of H-pyrrole nitrogens is 1. The molecule has 0 aliphatic heterocycles. The van der Waals surface area contributed by atoms with Crippen LogP contribution in [0, 0.1) is 6.92 Å². The molecular formula is C18H15N3O. The van der Waals surface area contributed by atoms with Crippen molar-refractivity contribution in [2.45, 2.75) is 6.92 Å². The molecule has 4 nitrogen and oxygen atoms in total. The van der Waals surface area contributed by atoms with Crippen molar-refractivity contribution in [3.63, 3.8) is 0 Å². The van der Waals surface area contributed by atoms with Gasteiger partial charge in [0.15, 0.2) is 0 Å². The molecule has 0 saturated carbocycles.